The number of rotatable bonds is 6. The van der Waals surface area contributed by atoms with E-state index in [9.17, 15) is 0 Å². The summed E-state index contributed by atoms with van der Waals surface area (Å²) in [5.74, 6) is 1.88. The quantitative estimate of drug-likeness (QED) is 0.644. The molecule has 0 atom stereocenters. The van der Waals surface area contributed by atoms with Gasteiger partial charge in [0.05, 0.1) is 13.2 Å². The summed E-state index contributed by atoms with van der Waals surface area (Å²) < 4.78 is 5.82. The lowest BCUT2D eigenvalue weighted by Crippen LogP contribution is -2.01. The van der Waals surface area contributed by atoms with Gasteiger partial charge in [0.1, 0.15) is 5.75 Å². The molecule has 0 aliphatic carbocycles. The van der Waals surface area contributed by atoms with Crippen LogP contribution in [0.5, 0.6) is 5.75 Å². The second-order valence-corrected chi connectivity index (χ2v) is 5.94. The van der Waals surface area contributed by atoms with E-state index in [1.807, 2.05) is 24.3 Å². The van der Waals surface area contributed by atoms with E-state index in [4.69, 9.17) is 9.84 Å². The fourth-order valence-corrected chi connectivity index (χ4v) is 2.60. The molecule has 0 aliphatic rings. The summed E-state index contributed by atoms with van der Waals surface area (Å²) in [6, 6.07) is 14.2. The molecule has 0 heterocycles. The summed E-state index contributed by atoms with van der Waals surface area (Å²) in [6.45, 7) is 4.93. The lowest BCUT2D eigenvalue weighted by atomic mass is 10.1. The highest BCUT2D eigenvalue weighted by molar-refractivity contribution is 7.99. The van der Waals surface area contributed by atoms with Crippen LogP contribution in [0.1, 0.15) is 16.7 Å². The van der Waals surface area contributed by atoms with Crippen molar-refractivity contribution in [1.29, 1.82) is 0 Å². The summed E-state index contributed by atoms with van der Waals surface area (Å²) in [6.07, 6.45) is 0. The SMILES string of the molecule is Cc1ccc(C)c(OCCSc2ccc(CO)cc2)c1. The Labute approximate surface area is 124 Å². The molecule has 0 bridgehead atoms. The van der Waals surface area contributed by atoms with Gasteiger partial charge in [-0.05, 0) is 48.7 Å². The maximum atomic E-state index is 8.99. The number of aryl methyl sites for hydroxylation is 2. The highest BCUT2D eigenvalue weighted by Gasteiger charge is 2.00. The van der Waals surface area contributed by atoms with E-state index in [2.05, 4.69) is 32.0 Å². The van der Waals surface area contributed by atoms with Gasteiger partial charge in [-0.25, -0.2) is 0 Å². The van der Waals surface area contributed by atoms with Crippen LogP contribution >= 0.6 is 11.8 Å². The highest BCUT2D eigenvalue weighted by Crippen LogP contribution is 2.21. The van der Waals surface area contributed by atoms with Crippen molar-refractivity contribution in [2.24, 2.45) is 0 Å². The molecular formula is C17H20O2S. The molecule has 3 heteroatoms. The second-order valence-electron chi connectivity index (χ2n) is 4.77. The Morgan fingerprint density at radius 1 is 1.05 bits per heavy atom. The Morgan fingerprint density at radius 2 is 1.80 bits per heavy atom. The van der Waals surface area contributed by atoms with Crippen LogP contribution in [0.25, 0.3) is 0 Å². The number of benzene rings is 2. The molecule has 0 unspecified atom stereocenters. The van der Waals surface area contributed by atoms with Crippen molar-refractivity contribution in [2.45, 2.75) is 25.3 Å². The molecule has 2 aromatic rings. The Kier molecular flexibility index (Phi) is 5.50. The monoisotopic (exact) mass is 288 g/mol. The molecule has 0 amide bonds. The summed E-state index contributed by atoms with van der Waals surface area (Å²) in [5.41, 5.74) is 3.34. The molecule has 2 rings (SSSR count). The van der Waals surface area contributed by atoms with Gasteiger partial charge in [-0.2, -0.15) is 0 Å². The molecule has 0 fully saturated rings. The van der Waals surface area contributed by atoms with Gasteiger partial charge in [-0.3, -0.25) is 0 Å². The number of aliphatic hydroxyl groups excluding tert-OH is 1. The van der Waals surface area contributed by atoms with Gasteiger partial charge in [0, 0.05) is 10.6 Å². The standard InChI is InChI=1S/C17H20O2S/c1-13-3-4-14(2)17(11-13)19-9-10-20-16-7-5-15(12-18)6-8-16/h3-8,11,18H,9-10,12H2,1-2H3. The van der Waals surface area contributed by atoms with E-state index < -0.39 is 0 Å². The second kappa shape index (κ2) is 7.36. The minimum Gasteiger partial charge on any atom is -0.492 e. The van der Waals surface area contributed by atoms with E-state index in [1.54, 1.807) is 11.8 Å². The van der Waals surface area contributed by atoms with E-state index in [0.717, 1.165) is 17.1 Å². The average Bonchev–Trinajstić information content (AvgIpc) is 2.47. The summed E-state index contributed by atoms with van der Waals surface area (Å²) in [4.78, 5) is 1.20. The molecule has 106 valence electrons. The minimum absolute atomic E-state index is 0.0979. The topological polar surface area (TPSA) is 29.5 Å². The zero-order chi connectivity index (χ0) is 14.4. The van der Waals surface area contributed by atoms with Gasteiger partial charge in [0.2, 0.25) is 0 Å². The van der Waals surface area contributed by atoms with Crippen molar-refractivity contribution < 1.29 is 9.84 Å². The zero-order valence-corrected chi connectivity index (χ0v) is 12.7. The number of aliphatic hydroxyl groups is 1. The number of hydrogen-bond donors (Lipinski definition) is 1. The van der Waals surface area contributed by atoms with Crippen LogP contribution in [0.4, 0.5) is 0 Å². The Balaban J connectivity index is 1.79. The van der Waals surface area contributed by atoms with Crippen LogP contribution in [0.2, 0.25) is 0 Å². The molecule has 0 saturated heterocycles. The largest absolute Gasteiger partial charge is 0.492 e. The van der Waals surface area contributed by atoms with Crippen molar-refractivity contribution in [3.63, 3.8) is 0 Å². The van der Waals surface area contributed by atoms with Crippen LogP contribution in [0.3, 0.4) is 0 Å². The van der Waals surface area contributed by atoms with Crippen molar-refractivity contribution >= 4 is 11.8 Å². The van der Waals surface area contributed by atoms with Crippen LogP contribution < -0.4 is 4.74 Å². The maximum absolute atomic E-state index is 8.99. The lowest BCUT2D eigenvalue weighted by molar-refractivity contribution is 0.282. The molecule has 0 aliphatic heterocycles. The van der Waals surface area contributed by atoms with E-state index in [1.165, 1.54) is 16.0 Å². The number of ether oxygens (including phenoxy) is 1. The van der Waals surface area contributed by atoms with Gasteiger partial charge in [0.25, 0.3) is 0 Å². The van der Waals surface area contributed by atoms with Crippen LogP contribution in [-0.4, -0.2) is 17.5 Å². The van der Waals surface area contributed by atoms with Crippen molar-refractivity contribution in [1.82, 2.24) is 0 Å². The third kappa shape index (κ3) is 4.29. The van der Waals surface area contributed by atoms with Crippen LogP contribution in [0, 0.1) is 13.8 Å². The van der Waals surface area contributed by atoms with Crippen LogP contribution in [0.15, 0.2) is 47.4 Å². The number of thioether (sulfide) groups is 1. The molecule has 20 heavy (non-hydrogen) atoms. The predicted octanol–water partition coefficient (Wildman–Crippen LogP) is 3.97. The van der Waals surface area contributed by atoms with Gasteiger partial charge >= 0.3 is 0 Å². The minimum atomic E-state index is 0.0979. The first-order valence-electron chi connectivity index (χ1n) is 6.71. The molecule has 1 N–H and O–H groups in total. The molecule has 0 saturated carbocycles. The zero-order valence-electron chi connectivity index (χ0n) is 11.9. The average molecular weight is 288 g/mol. The first kappa shape index (κ1) is 14.9. The Hall–Kier alpha value is -1.45. The molecular weight excluding hydrogens is 268 g/mol. The first-order chi connectivity index (χ1) is 9.69. The van der Waals surface area contributed by atoms with Gasteiger partial charge < -0.3 is 9.84 Å². The van der Waals surface area contributed by atoms with Gasteiger partial charge in [-0.1, -0.05) is 24.3 Å². The van der Waals surface area contributed by atoms with E-state index in [-0.39, 0.29) is 6.61 Å². The van der Waals surface area contributed by atoms with E-state index >= 15 is 0 Å². The van der Waals surface area contributed by atoms with Crippen molar-refractivity contribution in [3.8, 4) is 5.75 Å². The van der Waals surface area contributed by atoms with Gasteiger partial charge in [-0.15, -0.1) is 11.8 Å². The van der Waals surface area contributed by atoms with Gasteiger partial charge in [0.15, 0.2) is 0 Å². The predicted molar refractivity (Wildman–Crippen MR) is 84.5 cm³/mol. The van der Waals surface area contributed by atoms with E-state index in [0.29, 0.717) is 6.61 Å². The highest BCUT2D eigenvalue weighted by atomic mass is 32.2. The van der Waals surface area contributed by atoms with Crippen LogP contribution in [-0.2, 0) is 6.61 Å². The lowest BCUT2D eigenvalue weighted by Gasteiger charge is -2.10. The smallest absolute Gasteiger partial charge is 0.122 e. The normalized spacial score (nSPS) is 10.6. The maximum Gasteiger partial charge on any atom is 0.122 e. The summed E-state index contributed by atoms with van der Waals surface area (Å²) in [5, 5.41) is 8.99. The first-order valence-corrected chi connectivity index (χ1v) is 7.70. The summed E-state index contributed by atoms with van der Waals surface area (Å²) >= 11 is 1.76. The van der Waals surface area contributed by atoms with Crippen molar-refractivity contribution in [2.75, 3.05) is 12.4 Å². The number of hydrogen-bond acceptors (Lipinski definition) is 3. The molecule has 2 aromatic carbocycles. The fraction of sp³-hybridized carbons (Fsp3) is 0.294. The molecule has 0 spiro atoms. The third-order valence-electron chi connectivity index (χ3n) is 3.06. The molecule has 2 nitrogen and oxygen atoms in total. The molecule has 0 radical (unpaired) electrons. The Morgan fingerprint density at radius 3 is 2.50 bits per heavy atom. The summed E-state index contributed by atoms with van der Waals surface area (Å²) in [7, 11) is 0. The fourth-order valence-electron chi connectivity index (χ4n) is 1.87. The molecule has 0 aromatic heterocycles. The third-order valence-corrected chi connectivity index (χ3v) is 4.04. The Bertz CT molecular complexity index is 549. The van der Waals surface area contributed by atoms with Crippen molar-refractivity contribution in [3.05, 3.63) is 59.2 Å².